The van der Waals surface area contributed by atoms with E-state index in [-0.39, 0.29) is 0 Å². The Balaban J connectivity index is 1.73. The molecule has 3 aliphatic rings. The number of fused-ring (bicyclic) bond motifs is 3. The highest BCUT2D eigenvalue weighted by Crippen LogP contribution is 2.22. The van der Waals surface area contributed by atoms with Gasteiger partial charge in [-0.1, -0.05) is 19.9 Å². The van der Waals surface area contributed by atoms with Crippen LogP contribution in [0.15, 0.2) is 11.1 Å². The first-order valence-electron chi connectivity index (χ1n) is 9.27. The summed E-state index contributed by atoms with van der Waals surface area (Å²) in [5.41, 5.74) is 2.60. The van der Waals surface area contributed by atoms with Crippen LogP contribution in [0.3, 0.4) is 0 Å². The maximum absolute atomic E-state index is 11.6. The summed E-state index contributed by atoms with van der Waals surface area (Å²) in [5, 5.41) is 2.32. The highest BCUT2D eigenvalue weighted by atomic mass is 32.2. The van der Waals surface area contributed by atoms with Crippen LogP contribution in [-0.2, 0) is 23.9 Å². The fourth-order valence-electron chi connectivity index (χ4n) is 3.83. The van der Waals surface area contributed by atoms with Crippen LogP contribution in [0.1, 0.15) is 25.0 Å². The first kappa shape index (κ1) is 17.2. The molecule has 1 aromatic rings. The number of hydrogen-bond donors (Lipinski definition) is 0. The SMILES string of the molecule is CCN1COc2c(cc(CN3CCS(=O)CC3)c3c2=NC[C@@H](C)C=3)C1. The zero-order valence-corrected chi connectivity index (χ0v) is 16.0. The molecule has 25 heavy (non-hydrogen) atoms. The number of hydrogen-bond acceptors (Lipinski definition) is 5. The Kier molecular flexibility index (Phi) is 4.93. The summed E-state index contributed by atoms with van der Waals surface area (Å²) in [6, 6.07) is 2.33. The summed E-state index contributed by atoms with van der Waals surface area (Å²) in [6.07, 6.45) is 2.36. The molecule has 1 saturated heterocycles. The molecule has 0 N–H and O–H groups in total. The van der Waals surface area contributed by atoms with Gasteiger partial charge in [0.05, 0.1) is 0 Å². The second-order valence-corrected chi connectivity index (χ2v) is 9.01. The zero-order chi connectivity index (χ0) is 17.4. The quantitative estimate of drug-likeness (QED) is 0.785. The van der Waals surface area contributed by atoms with Crippen LogP contribution in [0.2, 0.25) is 0 Å². The molecule has 1 aromatic carbocycles. The Morgan fingerprint density at radius 3 is 2.88 bits per heavy atom. The van der Waals surface area contributed by atoms with Crippen LogP contribution >= 0.6 is 0 Å². The first-order valence-corrected chi connectivity index (χ1v) is 10.8. The van der Waals surface area contributed by atoms with Gasteiger partial charge in [-0.15, -0.1) is 0 Å². The molecule has 1 fully saturated rings. The molecule has 6 heteroatoms. The minimum atomic E-state index is -0.629. The van der Waals surface area contributed by atoms with Crippen LogP contribution in [-0.4, -0.2) is 58.4 Å². The van der Waals surface area contributed by atoms with E-state index < -0.39 is 10.8 Å². The van der Waals surface area contributed by atoms with Gasteiger partial charge in [0.1, 0.15) is 12.1 Å². The summed E-state index contributed by atoms with van der Waals surface area (Å²) in [4.78, 5) is 9.59. The van der Waals surface area contributed by atoms with Crippen molar-refractivity contribution in [1.82, 2.24) is 9.80 Å². The third-order valence-electron chi connectivity index (χ3n) is 5.34. The van der Waals surface area contributed by atoms with Gasteiger partial charge in [-0.3, -0.25) is 19.0 Å². The number of ether oxygens (including phenoxy) is 1. The van der Waals surface area contributed by atoms with Gasteiger partial charge in [0.2, 0.25) is 0 Å². The van der Waals surface area contributed by atoms with Gasteiger partial charge in [-0.2, -0.15) is 0 Å². The molecule has 0 spiro atoms. The first-order chi connectivity index (χ1) is 12.1. The summed E-state index contributed by atoms with van der Waals surface area (Å²) < 4.78 is 17.7. The van der Waals surface area contributed by atoms with E-state index in [4.69, 9.17) is 9.73 Å². The fourth-order valence-corrected chi connectivity index (χ4v) is 4.95. The molecule has 3 heterocycles. The molecule has 0 aliphatic carbocycles. The van der Waals surface area contributed by atoms with Gasteiger partial charge in [-0.25, -0.2) is 0 Å². The lowest BCUT2D eigenvalue weighted by atomic mass is 9.98. The predicted molar refractivity (Wildman–Crippen MR) is 100 cm³/mol. The van der Waals surface area contributed by atoms with Gasteiger partial charge in [-0.05, 0) is 24.1 Å². The van der Waals surface area contributed by atoms with Crippen LogP contribution < -0.4 is 15.3 Å². The highest BCUT2D eigenvalue weighted by molar-refractivity contribution is 7.85. The third-order valence-corrected chi connectivity index (χ3v) is 6.62. The number of rotatable bonds is 3. The molecular formula is C19H27N3O2S. The van der Waals surface area contributed by atoms with E-state index in [1.807, 2.05) is 0 Å². The summed E-state index contributed by atoms with van der Waals surface area (Å²) in [6.45, 7) is 10.6. The predicted octanol–water partition coefficient (Wildman–Crippen LogP) is 0.473. The lowest BCUT2D eigenvalue weighted by Gasteiger charge is -2.31. The fraction of sp³-hybridized carbons (Fsp3) is 0.632. The van der Waals surface area contributed by atoms with Crippen LogP contribution in [0.5, 0.6) is 5.75 Å². The average Bonchev–Trinajstić information content (AvgIpc) is 2.63. The molecule has 0 radical (unpaired) electrons. The molecule has 3 aliphatic heterocycles. The van der Waals surface area contributed by atoms with Crippen molar-refractivity contribution in [3.05, 3.63) is 27.8 Å². The van der Waals surface area contributed by atoms with Crippen molar-refractivity contribution >= 4 is 16.9 Å². The van der Waals surface area contributed by atoms with Crippen molar-refractivity contribution in [2.24, 2.45) is 10.9 Å². The van der Waals surface area contributed by atoms with Crippen LogP contribution in [0, 0.1) is 5.92 Å². The molecule has 136 valence electrons. The molecule has 0 amide bonds. The number of nitrogens with zero attached hydrogens (tertiary/aromatic N) is 3. The normalized spacial score (nSPS) is 24.6. The van der Waals surface area contributed by atoms with E-state index in [2.05, 4.69) is 35.8 Å². The number of benzene rings is 1. The van der Waals surface area contributed by atoms with Gasteiger partial charge >= 0.3 is 0 Å². The molecule has 0 bridgehead atoms. The zero-order valence-electron chi connectivity index (χ0n) is 15.2. The molecule has 0 unspecified atom stereocenters. The smallest absolute Gasteiger partial charge is 0.151 e. The standard InChI is InChI=1S/C19H27N3O2S/c1-3-21-12-16-9-15(11-22-4-6-25(23)7-5-22)17-8-14(2)10-20-18(17)19(16)24-13-21/h8-9,14H,3-7,10-13H2,1-2H3/t14-/m0/s1. The Labute approximate surface area is 151 Å². The van der Waals surface area contributed by atoms with E-state index >= 15 is 0 Å². The topological polar surface area (TPSA) is 45.1 Å². The summed E-state index contributed by atoms with van der Waals surface area (Å²) in [7, 11) is -0.629. The highest BCUT2D eigenvalue weighted by Gasteiger charge is 2.23. The van der Waals surface area contributed by atoms with E-state index in [1.54, 1.807) is 0 Å². The van der Waals surface area contributed by atoms with E-state index in [9.17, 15) is 4.21 Å². The third kappa shape index (κ3) is 3.52. The van der Waals surface area contributed by atoms with Crippen molar-refractivity contribution in [2.75, 3.05) is 44.4 Å². The van der Waals surface area contributed by atoms with E-state index in [0.29, 0.717) is 12.6 Å². The second kappa shape index (κ2) is 7.17. The Bertz CT molecular complexity index is 798. The van der Waals surface area contributed by atoms with Gasteiger partial charge in [0.15, 0.2) is 5.75 Å². The maximum Gasteiger partial charge on any atom is 0.151 e. The van der Waals surface area contributed by atoms with Gasteiger partial charge < -0.3 is 4.74 Å². The molecule has 5 nitrogen and oxygen atoms in total. The molecule has 0 saturated carbocycles. The summed E-state index contributed by atoms with van der Waals surface area (Å²) >= 11 is 0. The van der Waals surface area contributed by atoms with Crippen LogP contribution in [0.4, 0.5) is 0 Å². The van der Waals surface area contributed by atoms with Crippen molar-refractivity contribution in [1.29, 1.82) is 0 Å². The largest absolute Gasteiger partial charge is 0.476 e. The minimum absolute atomic E-state index is 0.467. The maximum atomic E-state index is 11.6. The van der Waals surface area contributed by atoms with Crippen molar-refractivity contribution in [3.8, 4) is 5.75 Å². The Hall–Kier alpha value is -1.24. The monoisotopic (exact) mass is 361 g/mol. The van der Waals surface area contributed by atoms with Crippen LogP contribution in [0.25, 0.3) is 6.08 Å². The average molecular weight is 362 g/mol. The van der Waals surface area contributed by atoms with E-state index in [0.717, 1.165) is 61.9 Å². The van der Waals surface area contributed by atoms with Crippen molar-refractivity contribution in [3.63, 3.8) is 0 Å². The van der Waals surface area contributed by atoms with Crippen molar-refractivity contribution in [2.45, 2.75) is 26.9 Å². The molecule has 0 aromatic heterocycles. The Morgan fingerprint density at radius 2 is 2.12 bits per heavy atom. The van der Waals surface area contributed by atoms with E-state index in [1.165, 1.54) is 16.3 Å². The summed E-state index contributed by atoms with van der Waals surface area (Å²) in [5.74, 6) is 3.05. The van der Waals surface area contributed by atoms with Gasteiger partial charge in [0, 0.05) is 65.8 Å². The lowest BCUT2D eigenvalue weighted by molar-refractivity contribution is 0.0989. The Morgan fingerprint density at radius 1 is 1.32 bits per heavy atom. The molecule has 4 rings (SSSR count). The lowest BCUT2D eigenvalue weighted by Crippen LogP contribution is -2.44. The molecule has 1 atom stereocenters. The minimum Gasteiger partial charge on any atom is -0.476 e. The second-order valence-electron chi connectivity index (χ2n) is 7.31. The van der Waals surface area contributed by atoms with Gasteiger partial charge in [0.25, 0.3) is 0 Å². The molecular weight excluding hydrogens is 334 g/mol. The van der Waals surface area contributed by atoms with Crippen molar-refractivity contribution < 1.29 is 8.95 Å².